The molecule has 0 bridgehead atoms. The number of ether oxygens (including phenoxy) is 4. The third kappa shape index (κ3) is 5.24. The van der Waals surface area contributed by atoms with Crippen LogP contribution in [0.3, 0.4) is 0 Å². The highest BCUT2D eigenvalue weighted by atomic mass is 35.5. The molecule has 0 saturated carbocycles. The molecule has 2 saturated heterocycles. The summed E-state index contributed by atoms with van der Waals surface area (Å²) in [6.07, 6.45) is 2.14. The van der Waals surface area contributed by atoms with E-state index in [0.717, 1.165) is 51.3 Å². The highest BCUT2D eigenvalue weighted by Gasteiger charge is 2.31. The number of methoxy groups -OCH3 is 1. The highest BCUT2D eigenvalue weighted by molar-refractivity contribution is 6.36. The Bertz CT molecular complexity index is 1110. The van der Waals surface area contributed by atoms with Crippen LogP contribution in [0.1, 0.15) is 42.1 Å². The van der Waals surface area contributed by atoms with Crippen molar-refractivity contribution in [3.63, 3.8) is 0 Å². The molecular weight excluding hydrogens is 452 g/mol. The Morgan fingerprint density at radius 2 is 1.85 bits per heavy atom. The van der Waals surface area contributed by atoms with Crippen molar-refractivity contribution < 1.29 is 24.1 Å². The van der Waals surface area contributed by atoms with Gasteiger partial charge in [0, 0.05) is 31.8 Å². The second kappa shape index (κ2) is 10.6. The minimum absolute atomic E-state index is 0.130. The van der Waals surface area contributed by atoms with Gasteiger partial charge in [-0.3, -0.25) is 0 Å². The molecule has 0 aromatic heterocycles. The Morgan fingerprint density at radius 3 is 2.59 bits per heavy atom. The molecule has 5 nitrogen and oxygen atoms in total. The maximum atomic E-state index is 10.5. The molecule has 2 aliphatic heterocycles. The van der Waals surface area contributed by atoms with Crippen molar-refractivity contribution in [1.82, 2.24) is 0 Å². The predicted octanol–water partition coefficient (Wildman–Crippen LogP) is 5.48. The minimum Gasteiger partial charge on any atom is -0.488 e. The van der Waals surface area contributed by atoms with E-state index in [1.165, 1.54) is 0 Å². The van der Waals surface area contributed by atoms with Crippen molar-refractivity contribution in [1.29, 1.82) is 0 Å². The number of hydrogen-bond acceptors (Lipinski definition) is 5. The molecule has 0 amide bonds. The van der Waals surface area contributed by atoms with Gasteiger partial charge in [-0.05, 0) is 40.6 Å². The second-order valence-corrected chi connectivity index (χ2v) is 9.61. The van der Waals surface area contributed by atoms with Gasteiger partial charge in [0.25, 0.3) is 0 Å². The van der Waals surface area contributed by atoms with E-state index in [1.807, 2.05) is 24.3 Å². The first-order valence-electron chi connectivity index (χ1n) is 12.0. The van der Waals surface area contributed by atoms with Crippen LogP contribution < -0.4 is 4.74 Å². The zero-order valence-electron chi connectivity index (χ0n) is 19.4. The molecule has 4 atom stereocenters. The minimum atomic E-state index is -0.422. The number of hydrogen-bond donors (Lipinski definition) is 1. The summed E-state index contributed by atoms with van der Waals surface area (Å²) in [5, 5.41) is 13.3. The fraction of sp³-hybridized carbons (Fsp3) is 0.429. The van der Waals surface area contributed by atoms with E-state index in [0.29, 0.717) is 32.5 Å². The second-order valence-electron chi connectivity index (χ2n) is 9.24. The highest BCUT2D eigenvalue weighted by Crippen LogP contribution is 2.40. The van der Waals surface area contributed by atoms with Crippen molar-refractivity contribution in [2.45, 2.75) is 50.1 Å². The van der Waals surface area contributed by atoms with Crippen LogP contribution in [0.4, 0.5) is 0 Å². The van der Waals surface area contributed by atoms with Crippen LogP contribution in [0.25, 0.3) is 10.8 Å². The third-order valence-electron chi connectivity index (χ3n) is 6.67. The molecule has 2 aliphatic rings. The SMILES string of the molecule is COC[C@@H]1C[C@H](O)C[C@H](c2cc(Cc3ccc(OC4CCOC4)cc3)c(Cl)c3ccccc23)O1. The largest absolute Gasteiger partial charge is 0.488 e. The maximum absolute atomic E-state index is 10.5. The van der Waals surface area contributed by atoms with Gasteiger partial charge in [-0.2, -0.15) is 0 Å². The van der Waals surface area contributed by atoms with E-state index in [-0.39, 0.29) is 18.3 Å². The lowest BCUT2D eigenvalue weighted by Crippen LogP contribution is -2.34. The quantitative estimate of drug-likeness (QED) is 0.483. The number of aliphatic hydroxyl groups excluding tert-OH is 1. The Morgan fingerprint density at radius 1 is 1.06 bits per heavy atom. The first kappa shape index (κ1) is 23.6. The summed E-state index contributed by atoms with van der Waals surface area (Å²) < 4.78 is 23.1. The van der Waals surface area contributed by atoms with Gasteiger partial charge < -0.3 is 24.1 Å². The lowest BCUT2D eigenvalue weighted by Gasteiger charge is -2.34. The van der Waals surface area contributed by atoms with Gasteiger partial charge in [-0.25, -0.2) is 0 Å². The summed E-state index contributed by atoms with van der Waals surface area (Å²) in [6.45, 7) is 1.88. The standard InChI is InChI=1S/C28H31ClO5/c1-31-16-23-14-20(30)15-27(34-23)26-13-19(28(29)25-5-3-2-4-24(25)26)12-18-6-8-21(9-7-18)33-22-10-11-32-17-22/h2-9,13,20,22-23,27,30H,10-12,14-17H2,1H3/t20-,22?,23-,27+/m0/s1. The zero-order chi connectivity index (χ0) is 23.5. The van der Waals surface area contributed by atoms with E-state index < -0.39 is 6.10 Å². The van der Waals surface area contributed by atoms with Crippen LogP contribution in [0.5, 0.6) is 5.75 Å². The molecule has 1 N–H and O–H groups in total. The van der Waals surface area contributed by atoms with Gasteiger partial charge in [-0.1, -0.05) is 54.1 Å². The molecule has 1 unspecified atom stereocenters. The van der Waals surface area contributed by atoms with Crippen molar-refractivity contribution >= 4 is 22.4 Å². The van der Waals surface area contributed by atoms with E-state index in [2.05, 4.69) is 30.3 Å². The first-order valence-corrected chi connectivity index (χ1v) is 12.3. The normalized spacial score (nSPS) is 25.0. The van der Waals surface area contributed by atoms with Crippen molar-refractivity contribution in [2.75, 3.05) is 26.9 Å². The van der Waals surface area contributed by atoms with E-state index in [1.54, 1.807) is 7.11 Å². The Hall–Kier alpha value is -2.15. The fourth-order valence-electron chi connectivity index (χ4n) is 5.01. The van der Waals surface area contributed by atoms with E-state index in [4.69, 9.17) is 30.5 Å². The zero-order valence-corrected chi connectivity index (χ0v) is 20.2. The molecule has 2 fully saturated rings. The topological polar surface area (TPSA) is 57.2 Å². The van der Waals surface area contributed by atoms with E-state index in [9.17, 15) is 5.11 Å². The molecule has 5 rings (SSSR count). The Balaban J connectivity index is 1.43. The lowest BCUT2D eigenvalue weighted by molar-refractivity contribution is -0.118. The molecule has 3 aromatic carbocycles. The van der Waals surface area contributed by atoms with Crippen molar-refractivity contribution in [2.24, 2.45) is 0 Å². The van der Waals surface area contributed by atoms with Gasteiger partial charge >= 0.3 is 0 Å². The van der Waals surface area contributed by atoms with Gasteiger partial charge in [0.15, 0.2) is 0 Å². The lowest BCUT2D eigenvalue weighted by atomic mass is 9.90. The molecule has 0 radical (unpaired) electrons. The monoisotopic (exact) mass is 482 g/mol. The summed E-state index contributed by atoms with van der Waals surface area (Å²) in [5.74, 6) is 0.860. The van der Waals surface area contributed by atoms with Crippen LogP contribution in [0.2, 0.25) is 5.02 Å². The fourth-order valence-corrected chi connectivity index (χ4v) is 5.30. The Labute approximate surface area is 205 Å². The van der Waals surface area contributed by atoms with Gasteiger partial charge in [0.2, 0.25) is 0 Å². The van der Waals surface area contributed by atoms with Gasteiger partial charge in [0.1, 0.15) is 11.9 Å². The average Bonchev–Trinajstić information content (AvgIpc) is 3.35. The molecule has 0 spiro atoms. The maximum Gasteiger partial charge on any atom is 0.124 e. The van der Waals surface area contributed by atoms with Crippen molar-refractivity contribution in [3.8, 4) is 5.75 Å². The molecule has 3 aromatic rings. The third-order valence-corrected chi connectivity index (χ3v) is 7.12. The number of aliphatic hydroxyl groups is 1. The molecular formula is C28H31ClO5. The van der Waals surface area contributed by atoms with Crippen LogP contribution in [0.15, 0.2) is 54.6 Å². The van der Waals surface area contributed by atoms with Crippen LogP contribution in [-0.2, 0) is 20.6 Å². The molecule has 2 heterocycles. The summed E-state index contributed by atoms with van der Waals surface area (Å²) in [5.41, 5.74) is 3.26. The number of benzene rings is 3. The van der Waals surface area contributed by atoms with Crippen molar-refractivity contribution in [3.05, 3.63) is 76.3 Å². The molecule has 34 heavy (non-hydrogen) atoms. The summed E-state index contributed by atoms with van der Waals surface area (Å²) in [7, 11) is 1.66. The Kier molecular flexibility index (Phi) is 7.37. The summed E-state index contributed by atoms with van der Waals surface area (Å²) in [4.78, 5) is 0. The summed E-state index contributed by atoms with van der Waals surface area (Å²) >= 11 is 6.91. The molecule has 6 heteroatoms. The average molecular weight is 483 g/mol. The van der Waals surface area contributed by atoms with Crippen LogP contribution in [-0.4, -0.2) is 50.3 Å². The van der Waals surface area contributed by atoms with Crippen LogP contribution >= 0.6 is 11.6 Å². The van der Waals surface area contributed by atoms with Crippen LogP contribution in [0, 0.1) is 0 Å². The van der Waals surface area contributed by atoms with Gasteiger partial charge in [-0.15, -0.1) is 0 Å². The molecule has 0 aliphatic carbocycles. The number of rotatable bonds is 7. The van der Waals surface area contributed by atoms with E-state index >= 15 is 0 Å². The smallest absolute Gasteiger partial charge is 0.124 e. The first-order chi connectivity index (χ1) is 16.6. The predicted molar refractivity (Wildman–Crippen MR) is 133 cm³/mol. The summed E-state index contributed by atoms with van der Waals surface area (Å²) in [6, 6.07) is 18.5. The number of fused-ring (bicyclic) bond motifs is 1. The molecule has 180 valence electrons. The van der Waals surface area contributed by atoms with Gasteiger partial charge in [0.05, 0.1) is 43.2 Å². The number of halogens is 1.